The Bertz CT molecular complexity index is 590. The van der Waals surface area contributed by atoms with Crippen molar-refractivity contribution in [3.8, 4) is 11.5 Å². The number of nitrogens with two attached hydrogens (primary N) is 1. The van der Waals surface area contributed by atoms with E-state index in [1.807, 2.05) is 26.0 Å². The molecule has 0 atom stereocenters. The van der Waals surface area contributed by atoms with Crippen molar-refractivity contribution in [1.82, 2.24) is 0 Å². The third-order valence-electron chi connectivity index (χ3n) is 2.90. The van der Waals surface area contributed by atoms with Crippen LogP contribution in [0, 0.1) is 19.7 Å². The molecule has 0 aliphatic carbocycles. The Morgan fingerprint density at radius 3 is 2.42 bits per heavy atom. The first-order valence-electron chi connectivity index (χ1n) is 5.95. The minimum atomic E-state index is -0.402. The highest BCUT2D eigenvalue weighted by Crippen LogP contribution is 2.32. The molecular weight excluding hydrogens is 309 g/mol. The molecule has 0 fully saturated rings. The fraction of sp³-hybridized carbons (Fsp3) is 0.200. The third-order valence-corrected chi connectivity index (χ3v) is 4.15. The minimum absolute atomic E-state index is 0.200. The molecule has 0 spiro atoms. The smallest absolute Gasteiger partial charge is 0.167 e. The monoisotopic (exact) mass is 323 g/mol. The maximum absolute atomic E-state index is 13.8. The van der Waals surface area contributed by atoms with Crippen molar-refractivity contribution in [1.29, 1.82) is 0 Å². The standard InChI is InChI=1S/C15H15BrFNO/c1-9-6-12(7-10(2)14(9)16)19-15-11(8-18)4-3-5-13(15)17/h3-7H,8,18H2,1-2H3. The second-order valence-electron chi connectivity index (χ2n) is 4.41. The molecule has 0 amide bonds. The summed E-state index contributed by atoms with van der Waals surface area (Å²) in [6.45, 7) is 4.17. The lowest BCUT2D eigenvalue weighted by Gasteiger charge is -2.13. The molecule has 0 saturated carbocycles. The first-order valence-corrected chi connectivity index (χ1v) is 6.74. The van der Waals surface area contributed by atoms with E-state index in [1.54, 1.807) is 12.1 Å². The molecule has 100 valence electrons. The fourth-order valence-corrected chi connectivity index (χ4v) is 2.14. The Morgan fingerprint density at radius 1 is 1.21 bits per heavy atom. The second-order valence-corrected chi connectivity index (χ2v) is 5.20. The molecule has 0 aliphatic heterocycles. The summed E-state index contributed by atoms with van der Waals surface area (Å²) in [4.78, 5) is 0. The molecule has 2 aromatic carbocycles. The molecule has 0 saturated heterocycles. The molecule has 2 rings (SSSR count). The normalized spacial score (nSPS) is 10.6. The zero-order valence-corrected chi connectivity index (χ0v) is 12.4. The lowest BCUT2D eigenvalue weighted by Crippen LogP contribution is -2.01. The Kier molecular flexibility index (Phi) is 4.22. The van der Waals surface area contributed by atoms with E-state index in [-0.39, 0.29) is 12.3 Å². The summed E-state index contributed by atoms with van der Waals surface area (Å²) in [7, 11) is 0. The van der Waals surface area contributed by atoms with Crippen LogP contribution in [0.1, 0.15) is 16.7 Å². The molecule has 0 aromatic heterocycles. The molecule has 2 nitrogen and oxygen atoms in total. The van der Waals surface area contributed by atoms with Crippen LogP contribution in [0.4, 0.5) is 4.39 Å². The van der Waals surface area contributed by atoms with E-state index in [4.69, 9.17) is 10.5 Å². The number of para-hydroxylation sites is 1. The van der Waals surface area contributed by atoms with Crippen LogP contribution in [0.15, 0.2) is 34.8 Å². The first kappa shape index (κ1) is 14.0. The highest BCUT2D eigenvalue weighted by Gasteiger charge is 2.11. The quantitative estimate of drug-likeness (QED) is 0.905. The van der Waals surface area contributed by atoms with E-state index in [9.17, 15) is 4.39 Å². The van der Waals surface area contributed by atoms with Crippen LogP contribution in [-0.2, 0) is 6.54 Å². The van der Waals surface area contributed by atoms with Crippen LogP contribution in [-0.4, -0.2) is 0 Å². The fourth-order valence-electron chi connectivity index (χ4n) is 1.91. The summed E-state index contributed by atoms with van der Waals surface area (Å²) >= 11 is 3.49. The van der Waals surface area contributed by atoms with Gasteiger partial charge in [-0.15, -0.1) is 0 Å². The molecule has 0 heterocycles. The maximum atomic E-state index is 13.8. The topological polar surface area (TPSA) is 35.2 Å². The van der Waals surface area contributed by atoms with Gasteiger partial charge < -0.3 is 10.5 Å². The average molecular weight is 324 g/mol. The SMILES string of the molecule is Cc1cc(Oc2c(F)cccc2CN)cc(C)c1Br. The minimum Gasteiger partial charge on any atom is -0.454 e. The van der Waals surface area contributed by atoms with Gasteiger partial charge in [0.25, 0.3) is 0 Å². The van der Waals surface area contributed by atoms with E-state index in [1.165, 1.54) is 6.07 Å². The van der Waals surface area contributed by atoms with Gasteiger partial charge in [-0.2, -0.15) is 0 Å². The van der Waals surface area contributed by atoms with Crippen molar-refractivity contribution in [3.05, 3.63) is 57.3 Å². The van der Waals surface area contributed by atoms with Gasteiger partial charge in [0.05, 0.1) is 0 Å². The zero-order valence-electron chi connectivity index (χ0n) is 10.8. The average Bonchev–Trinajstić information content (AvgIpc) is 2.38. The number of ether oxygens (including phenoxy) is 1. The van der Waals surface area contributed by atoms with Crippen molar-refractivity contribution >= 4 is 15.9 Å². The molecule has 0 radical (unpaired) electrons. The largest absolute Gasteiger partial charge is 0.454 e. The highest BCUT2D eigenvalue weighted by molar-refractivity contribution is 9.10. The summed E-state index contributed by atoms with van der Waals surface area (Å²) in [6.07, 6.45) is 0. The van der Waals surface area contributed by atoms with Crippen LogP contribution in [0.5, 0.6) is 11.5 Å². The summed E-state index contributed by atoms with van der Waals surface area (Å²) in [6, 6.07) is 8.49. The van der Waals surface area contributed by atoms with Gasteiger partial charge in [-0.05, 0) is 43.2 Å². The van der Waals surface area contributed by atoms with Crippen molar-refractivity contribution < 1.29 is 9.13 Å². The van der Waals surface area contributed by atoms with Gasteiger partial charge in [0, 0.05) is 16.6 Å². The molecule has 19 heavy (non-hydrogen) atoms. The van der Waals surface area contributed by atoms with E-state index in [0.29, 0.717) is 11.3 Å². The van der Waals surface area contributed by atoms with Crippen LogP contribution >= 0.6 is 15.9 Å². The van der Waals surface area contributed by atoms with Gasteiger partial charge in [0.1, 0.15) is 5.75 Å². The number of benzene rings is 2. The first-order chi connectivity index (χ1) is 9.02. The number of hydrogen-bond donors (Lipinski definition) is 1. The lowest BCUT2D eigenvalue weighted by atomic mass is 10.1. The van der Waals surface area contributed by atoms with E-state index < -0.39 is 5.82 Å². The Balaban J connectivity index is 2.42. The van der Waals surface area contributed by atoms with Gasteiger partial charge >= 0.3 is 0 Å². The Morgan fingerprint density at radius 2 is 1.84 bits per heavy atom. The molecule has 2 aromatic rings. The zero-order chi connectivity index (χ0) is 14.0. The summed E-state index contributed by atoms with van der Waals surface area (Å²) < 4.78 is 20.5. The lowest BCUT2D eigenvalue weighted by molar-refractivity contribution is 0.435. The summed E-state index contributed by atoms with van der Waals surface area (Å²) in [5.74, 6) is 0.408. The second kappa shape index (κ2) is 5.72. The number of halogens is 2. The van der Waals surface area contributed by atoms with Crippen LogP contribution < -0.4 is 10.5 Å². The molecule has 0 aliphatic rings. The molecule has 2 N–H and O–H groups in total. The van der Waals surface area contributed by atoms with Crippen molar-refractivity contribution in [2.75, 3.05) is 0 Å². The third kappa shape index (κ3) is 2.96. The Hall–Kier alpha value is -1.39. The van der Waals surface area contributed by atoms with Gasteiger partial charge in [-0.25, -0.2) is 4.39 Å². The summed E-state index contributed by atoms with van der Waals surface area (Å²) in [5, 5.41) is 0. The van der Waals surface area contributed by atoms with Crippen LogP contribution in [0.2, 0.25) is 0 Å². The molecular formula is C15H15BrFNO. The Labute approximate surface area is 120 Å². The molecule has 0 unspecified atom stereocenters. The molecule has 0 bridgehead atoms. The van der Waals surface area contributed by atoms with Crippen molar-refractivity contribution in [3.63, 3.8) is 0 Å². The highest BCUT2D eigenvalue weighted by atomic mass is 79.9. The van der Waals surface area contributed by atoms with Gasteiger partial charge in [-0.3, -0.25) is 0 Å². The van der Waals surface area contributed by atoms with Crippen LogP contribution in [0.25, 0.3) is 0 Å². The predicted molar refractivity (Wildman–Crippen MR) is 78.0 cm³/mol. The van der Waals surface area contributed by atoms with Crippen molar-refractivity contribution in [2.45, 2.75) is 20.4 Å². The molecule has 4 heteroatoms. The van der Waals surface area contributed by atoms with Gasteiger partial charge in [0.2, 0.25) is 0 Å². The number of aryl methyl sites for hydroxylation is 2. The predicted octanol–water partition coefficient (Wildman–Crippen LogP) is 4.46. The van der Waals surface area contributed by atoms with E-state index >= 15 is 0 Å². The number of hydrogen-bond acceptors (Lipinski definition) is 2. The van der Waals surface area contributed by atoms with E-state index in [2.05, 4.69) is 15.9 Å². The summed E-state index contributed by atoms with van der Waals surface area (Å²) in [5.41, 5.74) is 8.34. The van der Waals surface area contributed by atoms with Gasteiger partial charge in [-0.1, -0.05) is 28.1 Å². The number of rotatable bonds is 3. The maximum Gasteiger partial charge on any atom is 0.167 e. The van der Waals surface area contributed by atoms with Crippen molar-refractivity contribution in [2.24, 2.45) is 5.73 Å². The van der Waals surface area contributed by atoms with Crippen LogP contribution in [0.3, 0.4) is 0 Å². The van der Waals surface area contributed by atoms with E-state index in [0.717, 1.165) is 15.6 Å². The van der Waals surface area contributed by atoms with Gasteiger partial charge in [0.15, 0.2) is 11.6 Å².